The maximum absolute atomic E-state index is 12.6. The molecule has 8 heteroatoms. The summed E-state index contributed by atoms with van der Waals surface area (Å²) in [5.41, 5.74) is 14.4. The molecule has 1 amide bonds. The summed E-state index contributed by atoms with van der Waals surface area (Å²) in [5.74, 6) is -0.0857. The third kappa shape index (κ3) is 9.34. The second kappa shape index (κ2) is 15.2. The van der Waals surface area contributed by atoms with Crippen molar-refractivity contribution in [3.05, 3.63) is 82.3 Å². The summed E-state index contributed by atoms with van der Waals surface area (Å²) < 4.78 is 0. The van der Waals surface area contributed by atoms with Crippen molar-refractivity contribution in [3.63, 3.8) is 0 Å². The minimum atomic E-state index is -0.555. The molecule has 7 nitrogen and oxygen atoms in total. The molecule has 2 rings (SSSR count). The van der Waals surface area contributed by atoms with E-state index in [0.29, 0.717) is 30.4 Å². The van der Waals surface area contributed by atoms with Gasteiger partial charge < -0.3 is 31.7 Å². The van der Waals surface area contributed by atoms with E-state index in [2.05, 4.69) is 5.32 Å². The standard InChI is InChI=1S/C23H32ClN5O2.C2H6/c1-28-16-20(7-8-22(28)24)21(30)14-27-12-10-17-3-5-19(6-4-17)23(31)29(2)15-18(13-26)9-11-25;1-2/h3-9,11,13,21,27,30H,10,12,14-16,25-26H2,1-2H3;1-2H3/b11-9-,18-13+;. The van der Waals surface area contributed by atoms with Gasteiger partial charge in [-0.25, -0.2) is 0 Å². The van der Waals surface area contributed by atoms with Crippen LogP contribution in [0.25, 0.3) is 0 Å². The van der Waals surface area contributed by atoms with Crippen LogP contribution < -0.4 is 16.8 Å². The molecule has 182 valence electrons. The zero-order valence-electron chi connectivity index (χ0n) is 20.1. The number of carbonyl (C=O) groups excluding carboxylic acids is 1. The molecule has 1 aromatic carbocycles. The zero-order valence-corrected chi connectivity index (χ0v) is 20.8. The molecule has 0 saturated carbocycles. The van der Waals surface area contributed by atoms with Gasteiger partial charge in [0.05, 0.1) is 6.10 Å². The predicted octanol–water partition coefficient (Wildman–Crippen LogP) is 2.54. The van der Waals surface area contributed by atoms with E-state index in [0.717, 1.165) is 29.7 Å². The summed E-state index contributed by atoms with van der Waals surface area (Å²) in [6, 6.07) is 7.55. The summed E-state index contributed by atoms with van der Waals surface area (Å²) in [6.07, 6.45) is 8.42. The number of aliphatic hydroxyl groups is 1. The largest absolute Gasteiger partial charge is 0.405 e. The molecule has 0 aliphatic carbocycles. The molecule has 6 N–H and O–H groups in total. The van der Waals surface area contributed by atoms with E-state index in [1.807, 2.05) is 56.1 Å². The highest BCUT2D eigenvalue weighted by molar-refractivity contribution is 6.29. The average molecular weight is 476 g/mol. The van der Waals surface area contributed by atoms with Crippen molar-refractivity contribution < 1.29 is 9.90 Å². The summed E-state index contributed by atoms with van der Waals surface area (Å²) in [4.78, 5) is 16.1. The van der Waals surface area contributed by atoms with Crippen molar-refractivity contribution >= 4 is 17.5 Å². The van der Waals surface area contributed by atoms with E-state index in [1.54, 1.807) is 24.1 Å². The Morgan fingerprint density at radius 3 is 2.52 bits per heavy atom. The molecule has 1 aliphatic rings. The topological polar surface area (TPSA) is 108 Å². The van der Waals surface area contributed by atoms with Gasteiger partial charge in [-0.3, -0.25) is 4.79 Å². The third-order valence-corrected chi connectivity index (χ3v) is 5.48. The third-order valence-electron chi connectivity index (χ3n) is 5.07. The molecule has 0 bridgehead atoms. The number of nitrogens with two attached hydrogens (primary N) is 2. The van der Waals surface area contributed by atoms with Crippen LogP contribution >= 0.6 is 11.6 Å². The van der Waals surface area contributed by atoms with Gasteiger partial charge in [-0.2, -0.15) is 0 Å². The van der Waals surface area contributed by atoms with E-state index in [-0.39, 0.29) is 5.91 Å². The second-order valence-electron chi connectivity index (χ2n) is 7.52. The normalized spacial score (nSPS) is 14.8. The average Bonchev–Trinajstić information content (AvgIpc) is 2.84. The number of aliphatic hydroxyl groups excluding tert-OH is 1. The lowest BCUT2D eigenvalue weighted by Gasteiger charge is -2.26. The molecule has 1 aliphatic heterocycles. The Morgan fingerprint density at radius 2 is 1.94 bits per heavy atom. The van der Waals surface area contributed by atoms with Gasteiger partial charge in [0.15, 0.2) is 0 Å². The molecule has 0 fully saturated rings. The number of halogens is 1. The molecule has 1 heterocycles. The molecule has 1 atom stereocenters. The van der Waals surface area contributed by atoms with Crippen molar-refractivity contribution in [1.82, 2.24) is 15.1 Å². The number of carbonyl (C=O) groups is 1. The Kier molecular flexibility index (Phi) is 13.0. The molecule has 0 aromatic heterocycles. The van der Waals surface area contributed by atoms with Crippen molar-refractivity contribution in [2.45, 2.75) is 26.4 Å². The van der Waals surface area contributed by atoms with E-state index < -0.39 is 6.10 Å². The fourth-order valence-electron chi connectivity index (χ4n) is 3.19. The highest BCUT2D eigenvalue weighted by atomic mass is 35.5. The van der Waals surface area contributed by atoms with Crippen LogP contribution in [0.2, 0.25) is 0 Å². The number of amides is 1. The molecule has 1 aromatic rings. The number of nitrogens with zero attached hydrogens (tertiary/aromatic N) is 2. The van der Waals surface area contributed by atoms with Crippen LogP contribution in [0.3, 0.4) is 0 Å². The van der Waals surface area contributed by atoms with E-state index in [1.165, 1.54) is 12.4 Å². The van der Waals surface area contributed by atoms with Crippen LogP contribution in [0.4, 0.5) is 0 Å². The number of likely N-dealkylation sites (N-methyl/N-ethyl adjacent to an activating group) is 2. The van der Waals surface area contributed by atoms with Gasteiger partial charge in [-0.05, 0) is 66.4 Å². The number of allylic oxidation sites excluding steroid dienone is 2. The Morgan fingerprint density at radius 1 is 1.27 bits per heavy atom. The minimum absolute atomic E-state index is 0.0857. The monoisotopic (exact) mass is 475 g/mol. The first kappa shape index (κ1) is 28.3. The van der Waals surface area contributed by atoms with Crippen molar-refractivity contribution in [1.29, 1.82) is 0 Å². The maximum Gasteiger partial charge on any atom is 0.253 e. The SMILES string of the molecule is CC.CN(CC(/C=C\N)=C/N)C(=O)c1ccc(CCNCC(O)C2=CC=C(Cl)N(C)C2)cc1. The predicted molar refractivity (Wildman–Crippen MR) is 138 cm³/mol. The van der Waals surface area contributed by atoms with Crippen LogP contribution in [-0.2, 0) is 6.42 Å². The number of rotatable bonds is 10. The lowest BCUT2D eigenvalue weighted by atomic mass is 10.1. The summed E-state index contributed by atoms with van der Waals surface area (Å²) in [7, 11) is 3.62. The van der Waals surface area contributed by atoms with Gasteiger partial charge in [-0.1, -0.05) is 43.7 Å². The van der Waals surface area contributed by atoms with Crippen LogP contribution in [0.15, 0.2) is 71.2 Å². The second-order valence-corrected chi connectivity index (χ2v) is 7.90. The lowest BCUT2D eigenvalue weighted by molar-refractivity contribution is 0.0808. The quantitative estimate of drug-likeness (QED) is 0.235. The van der Waals surface area contributed by atoms with Gasteiger partial charge in [0.2, 0.25) is 0 Å². The smallest absolute Gasteiger partial charge is 0.253 e. The van der Waals surface area contributed by atoms with E-state index in [9.17, 15) is 9.90 Å². The van der Waals surface area contributed by atoms with Gasteiger partial charge in [0, 0.05) is 39.3 Å². The van der Waals surface area contributed by atoms with Gasteiger partial charge in [-0.15, -0.1) is 0 Å². The van der Waals surface area contributed by atoms with Crippen LogP contribution in [0.1, 0.15) is 29.8 Å². The molecular weight excluding hydrogens is 438 g/mol. The maximum atomic E-state index is 12.6. The van der Waals surface area contributed by atoms with Crippen molar-refractivity contribution in [2.75, 3.05) is 40.3 Å². The number of nitrogens with one attached hydrogen (secondary N) is 1. The summed E-state index contributed by atoms with van der Waals surface area (Å²) >= 11 is 6.03. The first-order chi connectivity index (χ1) is 15.8. The van der Waals surface area contributed by atoms with Gasteiger partial charge in [0.1, 0.15) is 5.16 Å². The fraction of sp³-hybridized carbons (Fsp3) is 0.400. The van der Waals surface area contributed by atoms with Crippen molar-refractivity contribution in [2.24, 2.45) is 11.5 Å². The Labute approximate surface area is 203 Å². The summed E-state index contributed by atoms with van der Waals surface area (Å²) in [6.45, 7) is 6.19. The minimum Gasteiger partial charge on any atom is -0.405 e. The first-order valence-corrected chi connectivity index (χ1v) is 11.5. The molecule has 1 unspecified atom stereocenters. The van der Waals surface area contributed by atoms with Crippen molar-refractivity contribution in [3.8, 4) is 0 Å². The summed E-state index contributed by atoms with van der Waals surface area (Å²) in [5, 5.41) is 14.3. The van der Waals surface area contributed by atoms with E-state index in [4.69, 9.17) is 23.1 Å². The molecular formula is C25H38ClN5O2. The number of hydrogen-bond donors (Lipinski definition) is 4. The highest BCUT2D eigenvalue weighted by Gasteiger charge is 2.16. The molecule has 33 heavy (non-hydrogen) atoms. The number of benzene rings is 1. The van der Waals surface area contributed by atoms with Crippen LogP contribution in [0, 0.1) is 0 Å². The first-order valence-electron chi connectivity index (χ1n) is 11.1. The van der Waals surface area contributed by atoms with Crippen LogP contribution in [-0.4, -0.2) is 67.2 Å². The van der Waals surface area contributed by atoms with Gasteiger partial charge >= 0.3 is 0 Å². The van der Waals surface area contributed by atoms with E-state index >= 15 is 0 Å². The molecule has 0 saturated heterocycles. The Bertz CT molecular complexity index is 862. The van der Waals surface area contributed by atoms with Gasteiger partial charge in [0.25, 0.3) is 5.91 Å². The fourth-order valence-corrected chi connectivity index (χ4v) is 3.31. The number of hydrogen-bond acceptors (Lipinski definition) is 6. The Balaban J connectivity index is 0.00000265. The lowest BCUT2D eigenvalue weighted by Crippen LogP contribution is -2.34. The zero-order chi connectivity index (χ0) is 24.8. The molecule has 0 radical (unpaired) electrons. The Hall–Kier alpha value is -2.74. The highest BCUT2D eigenvalue weighted by Crippen LogP contribution is 2.18. The van der Waals surface area contributed by atoms with Crippen LogP contribution in [0.5, 0.6) is 0 Å². The molecule has 0 spiro atoms.